The Morgan fingerprint density at radius 3 is 3.12 bits per heavy atom. The number of amides is 1. The summed E-state index contributed by atoms with van der Waals surface area (Å²) in [7, 11) is 0. The molecule has 1 heterocycles. The van der Waals surface area contributed by atoms with E-state index >= 15 is 0 Å². The lowest BCUT2D eigenvalue weighted by Gasteiger charge is -2.05. The quantitative estimate of drug-likeness (QED) is 0.585. The summed E-state index contributed by atoms with van der Waals surface area (Å²) in [5.74, 6) is 0.397. The molecule has 0 radical (unpaired) electrons. The van der Waals surface area contributed by atoms with Gasteiger partial charge in [-0.1, -0.05) is 25.1 Å². The summed E-state index contributed by atoms with van der Waals surface area (Å²) in [4.78, 5) is 15.5. The third-order valence-electron chi connectivity index (χ3n) is 1.99. The fraction of sp³-hybridized carbons (Fsp3) is 0.455. The summed E-state index contributed by atoms with van der Waals surface area (Å²) < 4.78 is 0. The monoisotopic (exact) mass is 239 g/mol. The molecule has 0 aromatic carbocycles. The van der Waals surface area contributed by atoms with E-state index in [1.54, 1.807) is 18.3 Å². The summed E-state index contributed by atoms with van der Waals surface area (Å²) in [6.45, 7) is 2.84. The maximum Gasteiger partial charge on any atom is 0.230 e. The number of carbonyl (C=O) groups is 1. The van der Waals surface area contributed by atoms with E-state index in [2.05, 4.69) is 17.2 Å². The normalized spacial score (nSPS) is 10.1. The van der Waals surface area contributed by atoms with Gasteiger partial charge in [0, 0.05) is 12.7 Å². The van der Waals surface area contributed by atoms with Crippen molar-refractivity contribution in [2.24, 2.45) is 0 Å². The number of nitrogens with two attached hydrogens (primary N) is 1. The summed E-state index contributed by atoms with van der Waals surface area (Å²) in [5, 5.41) is 3.56. The van der Waals surface area contributed by atoms with E-state index in [1.165, 1.54) is 11.8 Å². The number of aromatic nitrogens is 1. The topological polar surface area (TPSA) is 68.0 Å². The van der Waals surface area contributed by atoms with Crippen LogP contribution in [0.2, 0.25) is 0 Å². The minimum absolute atomic E-state index is 0.0310. The van der Waals surface area contributed by atoms with E-state index in [9.17, 15) is 4.79 Å². The number of nitrogens with one attached hydrogen (secondary N) is 1. The van der Waals surface area contributed by atoms with Gasteiger partial charge in [-0.15, -0.1) is 0 Å². The Bertz CT molecular complexity index is 344. The Kier molecular flexibility index (Phi) is 5.71. The number of carbonyl (C=O) groups excluding carboxylic acids is 1. The number of pyridine rings is 1. The lowest BCUT2D eigenvalue weighted by molar-refractivity contribution is -0.118. The van der Waals surface area contributed by atoms with Gasteiger partial charge in [0.1, 0.15) is 5.03 Å². The molecule has 0 aliphatic carbocycles. The van der Waals surface area contributed by atoms with Gasteiger partial charge in [-0.2, -0.15) is 0 Å². The molecule has 0 atom stereocenters. The molecule has 0 saturated heterocycles. The van der Waals surface area contributed by atoms with Crippen molar-refractivity contribution in [2.75, 3.05) is 18.0 Å². The van der Waals surface area contributed by atoms with Gasteiger partial charge in [0.05, 0.1) is 11.4 Å². The summed E-state index contributed by atoms with van der Waals surface area (Å²) in [6, 6.07) is 3.56. The summed E-state index contributed by atoms with van der Waals surface area (Å²) in [6.07, 6.45) is 3.77. The highest BCUT2D eigenvalue weighted by Gasteiger charge is 2.04. The van der Waals surface area contributed by atoms with Crippen LogP contribution in [-0.2, 0) is 4.79 Å². The second-order valence-electron chi connectivity index (χ2n) is 3.39. The summed E-state index contributed by atoms with van der Waals surface area (Å²) >= 11 is 1.37. The second kappa shape index (κ2) is 7.11. The van der Waals surface area contributed by atoms with Crippen LogP contribution in [0.1, 0.15) is 19.8 Å². The van der Waals surface area contributed by atoms with Crippen LogP contribution in [0, 0.1) is 0 Å². The molecular formula is C11H17N3OS. The van der Waals surface area contributed by atoms with Crippen LogP contribution in [-0.4, -0.2) is 23.2 Å². The third-order valence-corrected chi connectivity index (χ3v) is 3.01. The lowest BCUT2D eigenvalue weighted by atomic mass is 10.3. The lowest BCUT2D eigenvalue weighted by Crippen LogP contribution is -2.26. The van der Waals surface area contributed by atoms with Crippen molar-refractivity contribution in [3.8, 4) is 0 Å². The fourth-order valence-corrected chi connectivity index (χ4v) is 1.85. The molecule has 4 nitrogen and oxygen atoms in total. The van der Waals surface area contributed by atoms with Gasteiger partial charge in [-0.25, -0.2) is 4.98 Å². The summed E-state index contributed by atoms with van der Waals surface area (Å²) in [5.41, 5.74) is 6.33. The van der Waals surface area contributed by atoms with Crippen molar-refractivity contribution in [2.45, 2.75) is 24.8 Å². The molecule has 0 unspecified atom stereocenters. The molecule has 0 fully saturated rings. The number of hydrogen-bond acceptors (Lipinski definition) is 4. The molecule has 5 heteroatoms. The number of rotatable bonds is 6. The number of nitrogen functional groups attached to an aromatic ring is 1. The number of unbranched alkanes of at least 4 members (excludes halogenated alkanes) is 1. The molecular weight excluding hydrogens is 222 g/mol. The maximum atomic E-state index is 11.4. The highest BCUT2D eigenvalue weighted by Crippen LogP contribution is 2.20. The molecule has 1 aromatic rings. The Balaban J connectivity index is 2.29. The van der Waals surface area contributed by atoms with Crippen molar-refractivity contribution in [1.29, 1.82) is 0 Å². The molecule has 1 rings (SSSR count). The SMILES string of the molecule is CCCCNC(=O)CSc1ncccc1N. The van der Waals surface area contributed by atoms with E-state index in [0.717, 1.165) is 19.4 Å². The minimum Gasteiger partial charge on any atom is -0.397 e. The molecule has 88 valence electrons. The number of anilines is 1. The van der Waals surface area contributed by atoms with Crippen LogP contribution in [0.3, 0.4) is 0 Å². The molecule has 1 aromatic heterocycles. The van der Waals surface area contributed by atoms with E-state index in [1.807, 2.05) is 0 Å². The highest BCUT2D eigenvalue weighted by molar-refractivity contribution is 8.00. The van der Waals surface area contributed by atoms with Gasteiger partial charge >= 0.3 is 0 Å². The van der Waals surface area contributed by atoms with Crippen molar-refractivity contribution in [3.05, 3.63) is 18.3 Å². The fourth-order valence-electron chi connectivity index (χ4n) is 1.11. The van der Waals surface area contributed by atoms with Crippen LogP contribution in [0.5, 0.6) is 0 Å². The van der Waals surface area contributed by atoms with Gasteiger partial charge in [0.25, 0.3) is 0 Å². The molecule has 1 amide bonds. The Labute approximate surface area is 100 Å². The molecule has 3 N–H and O–H groups in total. The smallest absolute Gasteiger partial charge is 0.230 e. The molecule has 0 saturated carbocycles. The minimum atomic E-state index is 0.0310. The molecule has 0 bridgehead atoms. The van der Waals surface area contributed by atoms with Crippen molar-refractivity contribution < 1.29 is 4.79 Å². The van der Waals surface area contributed by atoms with E-state index in [-0.39, 0.29) is 5.91 Å². The molecule has 16 heavy (non-hydrogen) atoms. The first-order valence-corrected chi connectivity index (χ1v) is 6.32. The van der Waals surface area contributed by atoms with Gasteiger partial charge in [0.15, 0.2) is 0 Å². The second-order valence-corrected chi connectivity index (χ2v) is 4.35. The average molecular weight is 239 g/mol. The predicted octanol–water partition coefficient (Wildman–Crippen LogP) is 1.67. The predicted molar refractivity (Wildman–Crippen MR) is 67.3 cm³/mol. The first-order chi connectivity index (χ1) is 7.74. The van der Waals surface area contributed by atoms with Crippen LogP contribution in [0.4, 0.5) is 5.69 Å². The van der Waals surface area contributed by atoms with Gasteiger partial charge in [0.2, 0.25) is 5.91 Å². The number of nitrogens with zero attached hydrogens (tertiary/aromatic N) is 1. The number of thioether (sulfide) groups is 1. The van der Waals surface area contributed by atoms with E-state index < -0.39 is 0 Å². The van der Waals surface area contributed by atoms with E-state index in [4.69, 9.17) is 5.73 Å². The van der Waals surface area contributed by atoms with Gasteiger partial charge < -0.3 is 11.1 Å². The van der Waals surface area contributed by atoms with Gasteiger partial charge in [-0.05, 0) is 18.6 Å². The first kappa shape index (κ1) is 12.8. The van der Waals surface area contributed by atoms with Crippen LogP contribution >= 0.6 is 11.8 Å². The van der Waals surface area contributed by atoms with Crippen molar-refractivity contribution in [1.82, 2.24) is 10.3 Å². The zero-order valence-electron chi connectivity index (χ0n) is 9.40. The average Bonchev–Trinajstić information content (AvgIpc) is 2.28. The van der Waals surface area contributed by atoms with Gasteiger partial charge in [-0.3, -0.25) is 4.79 Å². The van der Waals surface area contributed by atoms with Crippen molar-refractivity contribution >= 4 is 23.4 Å². The van der Waals surface area contributed by atoms with E-state index in [0.29, 0.717) is 16.5 Å². The first-order valence-electron chi connectivity index (χ1n) is 5.34. The van der Waals surface area contributed by atoms with Crippen LogP contribution in [0.25, 0.3) is 0 Å². The third kappa shape index (κ3) is 4.53. The molecule has 0 aliphatic heterocycles. The molecule has 0 aliphatic rings. The zero-order chi connectivity index (χ0) is 11.8. The standard InChI is InChI=1S/C11H17N3OS/c1-2-3-6-13-10(15)8-16-11-9(12)5-4-7-14-11/h4-5,7H,2-3,6,8,12H2,1H3,(H,13,15). The maximum absolute atomic E-state index is 11.4. The van der Waals surface area contributed by atoms with Crippen LogP contribution < -0.4 is 11.1 Å². The number of hydrogen-bond donors (Lipinski definition) is 2. The highest BCUT2D eigenvalue weighted by atomic mass is 32.2. The van der Waals surface area contributed by atoms with Crippen LogP contribution in [0.15, 0.2) is 23.4 Å². The zero-order valence-corrected chi connectivity index (χ0v) is 10.2. The Morgan fingerprint density at radius 1 is 1.62 bits per heavy atom. The Morgan fingerprint density at radius 2 is 2.44 bits per heavy atom. The largest absolute Gasteiger partial charge is 0.397 e. The molecule has 0 spiro atoms. The Hall–Kier alpha value is -1.23. The van der Waals surface area contributed by atoms with Crippen molar-refractivity contribution in [3.63, 3.8) is 0 Å².